The summed E-state index contributed by atoms with van der Waals surface area (Å²) in [5.41, 5.74) is 2.57. The van der Waals surface area contributed by atoms with E-state index < -0.39 is 0 Å². The number of unbranched alkanes of at least 4 members (excludes halogenated alkanes) is 3. The second kappa shape index (κ2) is 12.4. The molecule has 0 unspecified atom stereocenters. The number of hydrogen-bond acceptors (Lipinski definition) is 0. The summed E-state index contributed by atoms with van der Waals surface area (Å²) in [4.78, 5) is 0. The number of aryl methyl sites for hydroxylation is 1. The molecule has 3 aromatic carbocycles. The lowest BCUT2D eigenvalue weighted by Gasteiger charge is -2.28. The Bertz CT molecular complexity index is 1130. The molecule has 178 valence electrons. The van der Waals surface area contributed by atoms with E-state index in [2.05, 4.69) is 30.9 Å². The summed E-state index contributed by atoms with van der Waals surface area (Å²) in [6.07, 6.45) is 14.9. The predicted molar refractivity (Wildman–Crippen MR) is 144 cm³/mol. The standard InChI is InChI=1S/C32H36ClF/c1-2-3-4-5-6-24-7-9-25(10-8-24)11-12-27-16-22-31-29(23-27)19-18-28(32(31)34)17-13-26-14-20-30(33)21-15-26/h14-16,18-25H,2-12H2,1H3. The molecule has 0 saturated heterocycles. The molecule has 0 nitrogen and oxygen atoms in total. The van der Waals surface area contributed by atoms with Gasteiger partial charge in [0.05, 0.1) is 5.56 Å². The highest BCUT2D eigenvalue weighted by molar-refractivity contribution is 6.30. The average Bonchev–Trinajstić information content (AvgIpc) is 2.87. The minimum Gasteiger partial charge on any atom is -0.205 e. The van der Waals surface area contributed by atoms with Crippen LogP contribution >= 0.6 is 11.6 Å². The van der Waals surface area contributed by atoms with Crippen molar-refractivity contribution in [3.05, 3.63) is 82.1 Å². The van der Waals surface area contributed by atoms with Crippen LogP contribution in [-0.2, 0) is 6.42 Å². The van der Waals surface area contributed by atoms with Gasteiger partial charge in [-0.2, -0.15) is 0 Å². The fourth-order valence-electron chi connectivity index (χ4n) is 5.31. The zero-order valence-corrected chi connectivity index (χ0v) is 21.1. The van der Waals surface area contributed by atoms with Crippen LogP contribution in [0.1, 0.15) is 87.8 Å². The molecule has 1 aliphatic rings. The Morgan fingerprint density at radius 2 is 1.56 bits per heavy atom. The first-order chi connectivity index (χ1) is 16.6. The van der Waals surface area contributed by atoms with Crippen LogP contribution in [0.2, 0.25) is 5.02 Å². The van der Waals surface area contributed by atoms with E-state index in [1.807, 2.05) is 24.3 Å². The van der Waals surface area contributed by atoms with Crippen LogP contribution in [-0.4, -0.2) is 0 Å². The Morgan fingerprint density at radius 1 is 0.824 bits per heavy atom. The van der Waals surface area contributed by atoms with Crippen molar-refractivity contribution >= 4 is 22.4 Å². The van der Waals surface area contributed by atoms with Crippen molar-refractivity contribution in [1.82, 2.24) is 0 Å². The Kier molecular flexibility index (Phi) is 9.06. The molecule has 0 N–H and O–H groups in total. The summed E-state index contributed by atoms with van der Waals surface area (Å²) in [5, 5.41) is 2.28. The smallest absolute Gasteiger partial charge is 0.146 e. The molecule has 0 spiro atoms. The zero-order chi connectivity index (χ0) is 23.8. The van der Waals surface area contributed by atoms with Crippen molar-refractivity contribution in [2.45, 2.75) is 77.6 Å². The van der Waals surface area contributed by atoms with E-state index in [1.54, 1.807) is 18.2 Å². The van der Waals surface area contributed by atoms with Crippen molar-refractivity contribution in [2.75, 3.05) is 0 Å². The molecule has 1 fully saturated rings. The van der Waals surface area contributed by atoms with Gasteiger partial charge in [0, 0.05) is 16.0 Å². The second-order valence-corrected chi connectivity index (χ2v) is 10.5. The van der Waals surface area contributed by atoms with Gasteiger partial charge in [-0.25, -0.2) is 4.39 Å². The Hall–Kier alpha value is -2.30. The predicted octanol–water partition coefficient (Wildman–Crippen LogP) is 9.74. The first-order valence-electron chi connectivity index (χ1n) is 13.1. The summed E-state index contributed by atoms with van der Waals surface area (Å²) in [7, 11) is 0. The molecule has 1 saturated carbocycles. The van der Waals surface area contributed by atoms with Gasteiger partial charge in [-0.3, -0.25) is 0 Å². The van der Waals surface area contributed by atoms with Gasteiger partial charge >= 0.3 is 0 Å². The minimum atomic E-state index is -0.234. The Labute approximate surface area is 209 Å². The molecule has 0 bridgehead atoms. The SMILES string of the molecule is CCCCCCC1CCC(CCc2ccc3c(F)c(C#Cc4ccc(Cl)cc4)ccc3c2)CC1. The van der Waals surface area contributed by atoms with E-state index in [1.165, 1.54) is 69.8 Å². The molecule has 0 radical (unpaired) electrons. The molecule has 0 aliphatic heterocycles. The lowest BCUT2D eigenvalue weighted by Crippen LogP contribution is -2.15. The molecular formula is C32H36ClF. The summed E-state index contributed by atoms with van der Waals surface area (Å²) in [5.74, 6) is 7.60. The fraction of sp³-hybridized carbons (Fsp3) is 0.438. The van der Waals surface area contributed by atoms with Crippen LogP contribution in [0.3, 0.4) is 0 Å². The number of hydrogen-bond donors (Lipinski definition) is 0. The van der Waals surface area contributed by atoms with E-state index in [9.17, 15) is 0 Å². The van der Waals surface area contributed by atoms with Crippen molar-refractivity contribution < 1.29 is 4.39 Å². The Balaban J connectivity index is 1.32. The quantitative estimate of drug-likeness (QED) is 0.225. The van der Waals surface area contributed by atoms with Crippen LogP contribution < -0.4 is 0 Å². The second-order valence-electron chi connectivity index (χ2n) is 10.0. The lowest BCUT2D eigenvalue weighted by molar-refractivity contribution is 0.249. The maximum absolute atomic E-state index is 15.1. The van der Waals surface area contributed by atoms with E-state index in [0.29, 0.717) is 16.0 Å². The summed E-state index contributed by atoms with van der Waals surface area (Å²) < 4.78 is 15.1. The summed E-state index contributed by atoms with van der Waals surface area (Å²) in [6, 6.07) is 17.3. The third kappa shape index (κ3) is 6.86. The summed E-state index contributed by atoms with van der Waals surface area (Å²) in [6.45, 7) is 2.29. The molecule has 0 amide bonds. The zero-order valence-electron chi connectivity index (χ0n) is 20.4. The highest BCUT2D eigenvalue weighted by Crippen LogP contribution is 2.34. The maximum atomic E-state index is 15.1. The molecule has 34 heavy (non-hydrogen) atoms. The van der Waals surface area contributed by atoms with Gasteiger partial charge in [0.25, 0.3) is 0 Å². The van der Waals surface area contributed by atoms with Gasteiger partial charge in [-0.1, -0.05) is 112 Å². The van der Waals surface area contributed by atoms with E-state index in [-0.39, 0.29) is 5.82 Å². The first kappa shape index (κ1) is 24.8. The van der Waals surface area contributed by atoms with Gasteiger partial charge < -0.3 is 0 Å². The number of rotatable bonds is 8. The molecule has 1 aliphatic carbocycles. The monoisotopic (exact) mass is 474 g/mol. The molecule has 0 aromatic heterocycles. The van der Waals surface area contributed by atoms with Gasteiger partial charge in [0.1, 0.15) is 5.82 Å². The van der Waals surface area contributed by atoms with Crippen molar-refractivity contribution in [3.63, 3.8) is 0 Å². The minimum absolute atomic E-state index is 0.234. The first-order valence-corrected chi connectivity index (χ1v) is 13.5. The Morgan fingerprint density at radius 3 is 2.29 bits per heavy atom. The largest absolute Gasteiger partial charge is 0.205 e. The molecule has 3 aromatic rings. The fourth-order valence-corrected chi connectivity index (χ4v) is 5.43. The number of fused-ring (bicyclic) bond motifs is 1. The lowest BCUT2D eigenvalue weighted by atomic mass is 9.77. The van der Waals surface area contributed by atoms with Crippen LogP contribution in [0, 0.1) is 29.5 Å². The maximum Gasteiger partial charge on any atom is 0.146 e. The van der Waals surface area contributed by atoms with Crippen molar-refractivity contribution in [2.24, 2.45) is 11.8 Å². The van der Waals surface area contributed by atoms with Crippen LogP contribution in [0.25, 0.3) is 10.8 Å². The highest BCUT2D eigenvalue weighted by Gasteiger charge is 2.20. The van der Waals surface area contributed by atoms with E-state index in [0.717, 1.165) is 29.2 Å². The molecule has 0 heterocycles. The molecule has 0 atom stereocenters. The molecule has 4 rings (SSSR count). The van der Waals surface area contributed by atoms with Gasteiger partial charge in [-0.15, -0.1) is 0 Å². The highest BCUT2D eigenvalue weighted by atomic mass is 35.5. The van der Waals surface area contributed by atoms with Gasteiger partial charge in [-0.05, 0) is 66.0 Å². The average molecular weight is 475 g/mol. The number of benzene rings is 3. The van der Waals surface area contributed by atoms with Crippen molar-refractivity contribution in [3.8, 4) is 11.8 Å². The normalized spacial score (nSPS) is 18.0. The van der Waals surface area contributed by atoms with E-state index in [4.69, 9.17) is 11.6 Å². The van der Waals surface area contributed by atoms with E-state index >= 15 is 4.39 Å². The molecular weight excluding hydrogens is 439 g/mol. The van der Waals surface area contributed by atoms with Crippen LogP contribution in [0.15, 0.2) is 54.6 Å². The summed E-state index contributed by atoms with van der Waals surface area (Å²) >= 11 is 5.92. The van der Waals surface area contributed by atoms with Gasteiger partial charge in [0.15, 0.2) is 0 Å². The van der Waals surface area contributed by atoms with Gasteiger partial charge in [0.2, 0.25) is 0 Å². The topological polar surface area (TPSA) is 0 Å². The third-order valence-corrected chi connectivity index (χ3v) is 7.73. The van der Waals surface area contributed by atoms with Crippen molar-refractivity contribution in [1.29, 1.82) is 0 Å². The molecule has 2 heteroatoms. The van der Waals surface area contributed by atoms with Crippen LogP contribution in [0.5, 0.6) is 0 Å². The number of halogens is 2. The van der Waals surface area contributed by atoms with Crippen LogP contribution in [0.4, 0.5) is 4.39 Å². The third-order valence-electron chi connectivity index (χ3n) is 7.48.